The summed E-state index contributed by atoms with van der Waals surface area (Å²) < 4.78 is 3.27. The number of urea groups is 2. The van der Waals surface area contributed by atoms with Crippen molar-refractivity contribution in [3.05, 3.63) is 30.3 Å². The molecule has 0 unspecified atom stereocenters. The Labute approximate surface area is 120 Å². The minimum Gasteiger partial charge on any atom is -0.342 e. The van der Waals surface area contributed by atoms with E-state index in [1.807, 2.05) is 36.9 Å². The molecule has 0 aliphatic rings. The molecule has 4 amide bonds. The van der Waals surface area contributed by atoms with Crippen molar-refractivity contribution in [2.75, 3.05) is 28.2 Å². The van der Waals surface area contributed by atoms with Gasteiger partial charge in [-0.3, -0.25) is 0 Å². The first kappa shape index (κ1) is 16.0. The number of benzene rings is 1. The molecule has 1 aromatic rings. The largest absolute Gasteiger partial charge is 0.342 e. The molecule has 6 nitrogen and oxygen atoms in total. The van der Waals surface area contributed by atoms with Crippen molar-refractivity contribution in [3.63, 3.8) is 0 Å². The molecule has 110 valence electrons. The van der Waals surface area contributed by atoms with Crippen LogP contribution in [0.25, 0.3) is 0 Å². The third-order valence-electron chi connectivity index (χ3n) is 3.66. The first-order valence-corrected chi connectivity index (χ1v) is 8.75. The van der Waals surface area contributed by atoms with E-state index < -0.39 is 8.40 Å². The lowest BCUT2D eigenvalue weighted by atomic mass is 10.4. The average molecular weight is 294 g/mol. The number of nitrogens with one attached hydrogen (secondary N) is 2. The van der Waals surface area contributed by atoms with Gasteiger partial charge in [0.1, 0.15) is 0 Å². The van der Waals surface area contributed by atoms with Crippen LogP contribution in [-0.2, 0) is 0 Å². The van der Waals surface area contributed by atoms with Crippen molar-refractivity contribution in [1.82, 2.24) is 19.8 Å². The summed E-state index contributed by atoms with van der Waals surface area (Å²) in [5.41, 5.74) is 0. The molecule has 20 heavy (non-hydrogen) atoms. The Kier molecular flexibility index (Phi) is 5.15. The second-order valence-electron chi connectivity index (χ2n) is 4.62. The van der Waals surface area contributed by atoms with Crippen molar-refractivity contribution < 1.29 is 9.59 Å². The Morgan fingerprint density at radius 3 is 1.70 bits per heavy atom. The molecule has 0 aliphatic heterocycles. The fraction of sp³-hybridized carbons (Fsp3) is 0.385. The second kappa shape index (κ2) is 6.42. The quantitative estimate of drug-likeness (QED) is 0.798. The van der Waals surface area contributed by atoms with Gasteiger partial charge in [0.25, 0.3) is 0 Å². The van der Waals surface area contributed by atoms with Crippen molar-refractivity contribution in [1.29, 1.82) is 0 Å². The van der Waals surface area contributed by atoms with E-state index in [9.17, 15) is 9.59 Å². The first-order valence-electron chi connectivity index (χ1n) is 6.36. The van der Waals surface area contributed by atoms with E-state index in [2.05, 4.69) is 10.6 Å². The van der Waals surface area contributed by atoms with Crippen molar-refractivity contribution >= 4 is 25.6 Å². The first-order chi connectivity index (χ1) is 9.39. The highest BCUT2D eigenvalue weighted by molar-refractivity contribution is 6.89. The van der Waals surface area contributed by atoms with E-state index in [4.69, 9.17) is 0 Å². The number of amides is 4. The van der Waals surface area contributed by atoms with Crippen LogP contribution in [-0.4, -0.2) is 57.8 Å². The molecule has 0 fully saturated rings. The van der Waals surface area contributed by atoms with Gasteiger partial charge in [-0.15, -0.1) is 0 Å². The number of nitrogens with zero attached hydrogens (tertiary/aromatic N) is 2. The van der Waals surface area contributed by atoms with Gasteiger partial charge in [0.05, 0.1) is 0 Å². The Morgan fingerprint density at radius 1 is 0.950 bits per heavy atom. The van der Waals surface area contributed by atoms with E-state index in [-0.39, 0.29) is 12.1 Å². The maximum absolute atomic E-state index is 12.0. The topological polar surface area (TPSA) is 64.7 Å². The third-order valence-corrected chi connectivity index (χ3v) is 8.11. The maximum Gasteiger partial charge on any atom is 0.310 e. The molecule has 0 saturated carbocycles. The molecular weight excluding hydrogens is 272 g/mol. The van der Waals surface area contributed by atoms with Gasteiger partial charge in [0.15, 0.2) is 0 Å². The molecule has 1 rings (SSSR count). The zero-order chi connectivity index (χ0) is 15.3. The summed E-state index contributed by atoms with van der Waals surface area (Å²) in [6, 6.07) is 9.22. The van der Waals surface area contributed by atoms with Crippen LogP contribution < -0.4 is 15.8 Å². The second-order valence-corrected chi connectivity index (χ2v) is 8.58. The molecule has 0 aromatic heterocycles. The summed E-state index contributed by atoms with van der Waals surface area (Å²) >= 11 is 0. The minimum atomic E-state index is -2.66. The average Bonchev–Trinajstić information content (AvgIpc) is 2.51. The fourth-order valence-corrected chi connectivity index (χ4v) is 5.16. The lowest BCUT2D eigenvalue weighted by Gasteiger charge is -2.42. The van der Waals surface area contributed by atoms with Gasteiger partial charge in [-0.2, -0.15) is 0 Å². The SMILES string of the molecule is CNC(=O)N(C)[Si](C)(c1ccccc1)N(C)C(=O)NC. The van der Waals surface area contributed by atoms with Crippen LogP contribution in [0.1, 0.15) is 0 Å². The molecule has 0 saturated heterocycles. The van der Waals surface area contributed by atoms with Crippen LogP contribution >= 0.6 is 0 Å². The highest BCUT2D eigenvalue weighted by Crippen LogP contribution is 2.13. The highest BCUT2D eigenvalue weighted by Gasteiger charge is 2.44. The van der Waals surface area contributed by atoms with Gasteiger partial charge in [-0.1, -0.05) is 30.3 Å². The molecule has 0 spiro atoms. The number of rotatable bonds is 3. The predicted molar refractivity (Wildman–Crippen MR) is 82.1 cm³/mol. The Balaban J connectivity index is 3.33. The zero-order valence-electron chi connectivity index (χ0n) is 12.6. The molecule has 1 aromatic carbocycles. The Morgan fingerprint density at radius 2 is 1.35 bits per heavy atom. The summed E-state index contributed by atoms with van der Waals surface area (Å²) in [6.45, 7) is 1.97. The van der Waals surface area contributed by atoms with Gasteiger partial charge in [0.2, 0.25) is 0 Å². The summed E-state index contributed by atoms with van der Waals surface area (Å²) in [4.78, 5) is 24.1. The molecule has 2 N–H and O–H groups in total. The fourth-order valence-electron chi connectivity index (χ4n) is 2.10. The Bertz CT molecular complexity index is 459. The third kappa shape index (κ3) is 2.77. The van der Waals surface area contributed by atoms with Gasteiger partial charge in [0, 0.05) is 28.2 Å². The van der Waals surface area contributed by atoms with Crippen LogP contribution in [0.3, 0.4) is 0 Å². The molecular formula is C13H22N4O2Si. The highest BCUT2D eigenvalue weighted by atomic mass is 28.3. The number of hydrogen-bond donors (Lipinski definition) is 2. The van der Waals surface area contributed by atoms with Crippen molar-refractivity contribution in [2.24, 2.45) is 0 Å². The lowest BCUT2D eigenvalue weighted by Crippen LogP contribution is -2.73. The van der Waals surface area contributed by atoms with Crippen molar-refractivity contribution in [2.45, 2.75) is 6.55 Å². The molecule has 0 radical (unpaired) electrons. The van der Waals surface area contributed by atoms with E-state index >= 15 is 0 Å². The Hall–Kier alpha value is -2.02. The zero-order valence-corrected chi connectivity index (χ0v) is 13.6. The van der Waals surface area contributed by atoms with Crippen LogP contribution in [0.2, 0.25) is 6.55 Å². The van der Waals surface area contributed by atoms with Crippen LogP contribution in [0.15, 0.2) is 30.3 Å². The number of carbonyl (C=O) groups excluding carboxylic acids is 2. The normalized spacial score (nSPS) is 10.7. The molecule has 0 aliphatic carbocycles. The monoisotopic (exact) mass is 294 g/mol. The number of carbonyl (C=O) groups is 2. The van der Waals surface area contributed by atoms with E-state index in [1.54, 1.807) is 37.3 Å². The van der Waals surface area contributed by atoms with Gasteiger partial charge in [-0.05, 0) is 11.7 Å². The summed E-state index contributed by atoms with van der Waals surface area (Å²) in [7, 11) is 3.95. The van der Waals surface area contributed by atoms with E-state index in [0.29, 0.717) is 0 Å². The number of hydrogen-bond acceptors (Lipinski definition) is 2. The van der Waals surface area contributed by atoms with Gasteiger partial charge >= 0.3 is 20.5 Å². The maximum atomic E-state index is 12.0. The molecule has 0 bridgehead atoms. The lowest BCUT2D eigenvalue weighted by molar-refractivity contribution is 0.219. The standard InChI is InChI=1S/C13H22N4O2Si/c1-14-12(18)16(3)20(5,17(4)13(19)15-2)11-9-7-6-8-10-11/h6-10H,1-5H3,(H,14,18)(H,15,19). The summed E-state index contributed by atoms with van der Waals surface area (Å²) in [6.07, 6.45) is 0. The van der Waals surface area contributed by atoms with Crippen LogP contribution in [0.4, 0.5) is 9.59 Å². The van der Waals surface area contributed by atoms with E-state index in [1.165, 1.54) is 0 Å². The molecule has 7 heteroatoms. The predicted octanol–water partition coefficient (Wildman–Crippen LogP) is 0.508. The van der Waals surface area contributed by atoms with E-state index in [0.717, 1.165) is 5.19 Å². The molecule has 0 atom stereocenters. The summed E-state index contributed by atoms with van der Waals surface area (Å²) in [5, 5.41) is 6.21. The van der Waals surface area contributed by atoms with Gasteiger partial charge < -0.3 is 19.8 Å². The van der Waals surface area contributed by atoms with Crippen molar-refractivity contribution in [3.8, 4) is 0 Å². The minimum absolute atomic E-state index is 0.209. The van der Waals surface area contributed by atoms with Crippen LogP contribution in [0, 0.1) is 0 Å². The van der Waals surface area contributed by atoms with Crippen LogP contribution in [0.5, 0.6) is 0 Å². The molecule has 0 heterocycles. The smallest absolute Gasteiger partial charge is 0.310 e. The summed E-state index contributed by atoms with van der Waals surface area (Å²) in [5.74, 6) is 0. The van der Waals surface area contributed by atoms with Gasteiger partial charge in [-0.25, -0.2) is 9.59 Å².